The third kappa shape index (κ3) is 3.27. The topological polar surface area (TPSA) is 76.7 Å². The first-order valence-corrected chi connectivity index (χ1v) is 8.19. The predicted octanol–water partition coefficient (Wildman–Crippen LogP) is 1.51. The molecule has 0 unspecified atom stereocenters. The van der Waals surface area contributed by atoms with Gasteiger partial charge in [0.1, 0.15) is 18.1 Å². The number of imidazole rings is 1. The molecule has 0 amide bonds. The Kier molecular flexibility index (Phi) is 4.00. The number of fused-ring (bicyclic) bond motifs is 1. The van der Waals surface area contributed by atoms with E-state index in [0.29, 0.717) is 12.6 Å². The van der Waals surface area contributed by atoms with Crippen LogP contribution in [-0.4, -0.2) is 58.2 Å². The summed E-state index contributed by atoms with van der Waals surface area (Å²) in [4.78, 5) is 18.6. The molecule has 1 saturated heterocycles. The van der Waals surface area contributed by atoms with Gasteiger partial charge in [0.25, 0.3) is 0 Å². The first kappa shape index (κ1) is 15.8. The van der Waals surface area contributed by atoms with Crippen LogP contribution >= 0.6 is 0 Å². The van der Waals surface area contributed by atoms with Crippen molar-refractivity contribution in [2.45, 2.75) is 12.6 Å². The molecule has 0 bridgehead atoms. The standard InChI is InChI=1S/C16H18FN5O3/c17-12-1-3-13(4-2-12)20-7-5-19(6-8-20)9-14-10-21-11-15(22(23)24)18-16(21)25-14/h1-4,11,14H,5-10H2/t14-/m0/s1. The summed E-state index contributed by atoms with van der Waals surface area (Å²) in [5.74, 6) is -0.403. The highest BCUT2D eigenvalue weighted by molar-refractivity contribution is 5.46. The zero-order valence-corrected chi connectivity index (χ0v) is 13.5. The van der Waals surface area contributed by atoms with Crippen LogP contribution in [0.1, 0.15) is 0 Å². The Morgan fingerprint density at radius 2 is 1.96 bits per heavy atom. The van der Waals surface area contributed by atoms with Crippen molar-refractivity contribution < 1.29 is 14.1 Å². The number of aromatic nitrogens is 2. The van der Waals surface area contributed by atoms with Crippen molar-refractivity contribution in [2.24, 2.45) is 0 Å². The molecule has 1 aromatic heterocycles. The normalized spacial score (nSPS) is 20.4. The van der Waals surface area contributed by atoms with Crippen LogP contribution in [0.4, 0.5) is 15.9 Å². The maximum absolute atomic E-state index is 13.0. The molecule has 132 valence electrons. The number of hydrogen-bond acceptors (Lipinski definition) is 6. The molecule has 8 nitrogen and oxygen atoms in total. The fourth-order valence-electron chi connectivity index (χ4n) is 3.33. The van der Waals surface area contributed by atoms with Crippen molar-refractivity contribution in [2.75, 3.05) is 37.6 Å². The lowest BCUT2D eigenvalue weighted by Crippen LogP contribution is -2.49. The van der Waals surface area contributed by atoms with E-state index in [0.717, 1.165) is 38.4 Å². The van der Waals surface area contributed by atoms with Gasteiger partial charge in [0, 0.05) is 43.4 Å². The quantitative estimate of drug-likeness (QED) is 0.616. The largest absolute Gasteiger partial charge is 0.439 e. The Morgan fingerprint density at radius 1 is 1.24 bits per heavy atom. The molecule has 0 radical (unpaired) electrons. The Bertz CT molecular complexity index is 747. The van der Waals surface area contributed by atoms with Gasteiger partial charge in [0.2, 0.25) is 0 Å². The molecule has 0 aliphatic carbocycles. The van der Waals surface area contributed by atoms with Crippen molar-refractivity contribution in [3.05, 3.63) is 46.4 Å². The van der Waals surface area contributed by atoms with Gasteiger partial charge in [-0.3, -0.25) is 9.47 Å². The summed E-state index contributed by atoms with van der Waals surface area (Å²) >= 11 is 0. The van der Waals surface area contributed by atoms with E-state index in [2.05, 4.69) is 14.8 Å². The number of piperazine rings is 1. The maximum atomic E-state index is 13.0. The molecule has 3 heterocycles. The van der Waals surface area contributed by atoms with Gasteiger partial charge < -0.3 is 19.8 Å². The highest BCUT2D eigenvalue weighted by Crippen LogP contribution is 2.25. The van der Waals surface area contributed by atoms with Gasteiger partial charge in [-0.05, 0) is 29.2 Å². The Hall–Kier alpha value is -2.68. The predicted molar refractivity (Wildman–Crippen MR) is 88.4 cm³/mol. The van der Waals surface area contributed by atoms with Crippen LogP contribution in [-0.2, 0) is 6.54 Å². The van der Waals surface area contributed by atoms with Gasteiger partial charge in [-0.15, -0.1) is 0 Å². The molecule has 0 N–H and O–H groups in total. The first-order valence-electron chi connectivity index (χ1n) is 8.19. The summed E-state index contributed by atoms with van der Waals surface area (Å²) in [6.07, 6.45) is 1.38. The van der Waals surface area contributed by atoms with Crippen LogP contribution in [0, 0.1) is 15.9 Å². The van der Waals surface area contributed by atoms with Crippen molar-refractivity contribution in [3.8, 4) is 6.01 Å². The molecule has 0 spiro atoms. The number of rotatable bonds is 4. The van der Waals surface area contributed by atoms with Gasteiger partial charge in [0.15, 0.2) is 0 Å². The van der Waals surface area contributed by atoms with E-state index in [1.165, 1.54) is 18.3 Å². The monoisotopic (exact) mass is 347 g/mol. The minimum Gasteiger partial charge on any atom is -0.439 e. The van der Waals surface area contributed by atoms with Gasteiger partial charge in [-0.2, -0.15) is 0 Å². The summed E-state index contributed by atoms with van der Waals surface area (Å²) in [6.45, 7) is 4.85. The molecule has 2 aliphatic heterocycles. The molecule has 25 heavy (non-hydrogen) atoms. The fourth-order valence-corrected chi connectivity index (χ4v) is 3.33. The van der Waals surface area contributed by atoms with Gasteiger partial charge >= 0.3 is 11.8 Å². The average molecular weight is 347 g/mol. The smallest absolute Gasteiger partial charge is 0.414 e. The summed E-state index contributed by atoms with van der Waals surface area (Å²) in [5.41, 5.74) is 1.03. The molecule has 9 heteroatoms. The molecule has 1 atom stereocenters. The summed E-state index contributed by atoms with van der Waals surface area (Å²) in [6, 6.07) is 6.89. The lowest BCUT2D eigenvalue weighted by atomic mass is 10.2. The van der Waals surface area contributed by atoms with Gasteiger partial charge in [-0.25, -0.2) is 4.39 Å². The molecule has 2 aromatic rings. The molecule has 4 rings (SSSR count). The zero-order chi connectivity index (χ0) is 17.4. The van der Waals surface area contributed by atoms with Crippen LogP contribution in [0.3, 0.4) is 0 Å². The summed E-state index contributed by atoms with van der Waals surface area (Å²) in [7, 11) is 0. The molecule has 2 aliphatic rings. The number of nitro groups is 1. The van der Waals surface area contributed by atoms with E-state index in [1.807, 2.05) is 0 Å². The number of hydrogen-bond donors (Lipinski definition) is 0. The van der Waals surface area contributed by atoms with E-state index in [9.17, 15) is 14.5 Å². The Balaban J connectivity index is 1.28. The zero-order valence-electron chi connectivity index (χ0n) is 13.5. The molecular formula is C16H18FN5O3. The van der Waals surface area contributed by atoms with Crippen LogP contribution < -0.4 is 9.64 Å². The van der Waals surface area contributed by atoms with Crippen molar-refractivity contribution >= 4 is 11.5 Å². The first-order chi connectivity index (χ1) is 12.1. The summed E-state index contributed by atoms with van der Waals surface area (Å²) in [5, 5.41) is 10.7. The van der Waals surface area contributed by atoms with Crippen molar-refractivity contribution in [3.63, 3.8) is 0 Å². The van der Waals surface area contributed by atoms with Crippen LogP contribution in [0.15, 0.2) is 30.5 Å². The van der Waals surface area contributed by atoms with E-state index in [1.54, 1.807) is 16.7 Å². The molecule has 0 saturated carbocycles. The summed E-state index contributed by atoms with van der Waals surface area (Å²) < 4.78 is 20.4. The van der Waals surface area contributed by atoms with Crippen molar-refractivity contribution in [1.29, 1.82) is 0 Å². The van der Waals surface area contributed by atoms with E-state index >= 15 is 0 Å². The third-order valence-electron chi connectivity index (χ3n) is 4.61. The number of nitrogens with zero attached hydrogens (tertiary/aromatic N) is 5. The Morgan fingerprint density at radius 3 is 2.60 bits per heavy atom. The molecule has 1 fully saturated rings. The Labute approximate surface area is 143 Å². The minimum absolute atomic E-state index is 0.0410. The molecular weight excluding hydrogens is 329 g/mol. The third-order valence-corrected chi connectivity index (χ3v) is 4.61. The number of benzene rings is 1. The minimum atomic E-state index is -0.516. The second-order valence-electron chi connectivity index (χ2n) is 6.30. The lowest BCUT2D eigenvalue weighted by molar-refractivity contribution is -0.389. The second kappa shape index (κ2) is 6.32. The van der Waals surface area contributed by atoms with Gasteiger partial charge in [0.05, 0.1) is 6.54 Å². The fraction of sp³-hybridized carbons (Fsp3) is 0.438. The van der Waals surface area contributed by atoms with Gasteiger partial charge in [-0.1, -0.05) is 0 Å². The SMILES string of the molecule is O=[N+]([O-])c1cn2c(n1)O[C@@H](CN1CCN(c3ccc(F)cc3)CC1)C2. The van der Waals surface area contributed by atoms with E-state index < -0.39 is 4.92 Å². The van der Waals surface area contributed by atoms with E-state index in [-0.39, 0.29) is 17.7 Å². The molecule has 1 aromatic carbocycles. The van der Waals surface area contributed by atoms with Crippen LogP contribution in [0.2, 0.25) is 0 Å². The van der Waals surface area contributed by atoms with Crippen molar-refractivity contribution in [1.82, 2.24) is 14.5 Å². The number of anilines is 1. The number of ether oxygens (including phenoxy) is 1. The van der Waals surface area contributed by atoms with Crippen LogP contribution in [0.5, 0.6) is 6.01 Å². The van der Waals surface area contributed by atoms with Crippen LogP contribution in [0.25, 0.3) is 0 Å². The average Bonchev–Trinajstić information content (AvgIpc) is 3.15. The highest BCUT2D eigenvalue weighted by Gasteiger charge is 2.32. The highest BCUT2D eigenvalue weighted by atomic mass is 19.1. The second-order valence-corrected chi connectivity index (χ2v) is 6.30. The van der Waals surface area contributed by atoms with E-state index in [4.69, 9.17) is 4.74 Å². The number of halogens is 1. The lowest BCUT2D eigenvalue weighted by Gasteiger charge is -2.36. The maximum Gasteiger partial charge on any atom is 0.414 e.